The van der Waals surface area contributed by atoms with Crippen LogP contribution in [0.25, 0.3) is 10.8 Å². The molecule has 164 valence electrons. The number of carbonyl (C=O) groups is 1. The smallest absolute Gasteiger partial charge is 0.311 e. The number of piperidine rings is 1. The van der Waals surface area contributed by atoms with Crippen molar-refractivity contribution in [2.75, 3.05) is 17.8 Å². The molecule has 1 amide bonds. The van der Waals surface area contributed by atoms with Crippen LogP contribution >= 0.6 is 22.9 Å². The summed E-state index contributed by atoms with van der Waals surface area (Å²) in [5, 5.41) is 7.56. The van der Waals surface area contributed by atoms with Gasteiger partial charge < -0.3 is 9.32 Å². The molecule has 0 aliphatic carbocycles. The number of amides is 1. The van der Waals surface area contributed by atoms with Gasteiger partial charge in [-0.05, 0) is 50.5 Å². The summed E-state index contributed by atoms with van der Waals surface area (Å²) in [6, 6.07) is 4.94. The van der Waals surface area contributed by atoms with Gasteiger partial charge in [0.05, 0.1) is 15.6 Å². The maximum atomic E-state index is 13.3. The summed E-state index contributed by atoms with van der Waals surface area (Å²) in [7, 11) is -3.97. The molecule has 1 aromatic carbocycles. The lowest BCUT2D eigenvalue weighted by molar-refractivity contribution is 0.0684. The molecule has 1 aliphatic heterocycles. The average molecular weight is 485 g/mol. The van der Waals surface area contributed by atoms with E-state index >= 15 is 0 Å². The number of anilines is 1. The lowest BCUT2D eigenvalue weighted by Gasteiger charge is -2.24. The normalized spacial score (nSPS) is 14.6. The highest BCUT2D eigenvalue weighted by atomic mass is 35.5. The standard InChI is InChI=1S/C19H18ClFN4O4S2/c1-11-16(31(27,28)24-12-5-6-14(21)13(20)9-12)10-15(30-11)17-22-23-18(29-17)19(26)25-7-3-2-4-8-25/h5-6,9-10,24H,2-4,7-8H2,1H3. The van der Waals surface area contributed by atoms with Crippen molar-refractivity contribution >= 4 is 44.6 Å². The van der Waals surface area contributed by atoms with Crippen molar-refractivity contribution < 1.29 is 22.0 Å². The van der Waals surface area contributed by atoms with Crippen LogP contribution in [0, 0.1) is 12.7 Å². The number of benzene rings is 1. The predicted molar refractivity (Wildman–Crippen MR) is 114 cm³/mol. The molecule has 0 unspecified atom stereocenters. The third kappa shape index (κ3) is 4.58. The Kier molecular flexibility index (Phi) is 6.00. The molecular formula is C19H18ClFN4O4S2. The molecule has 0 bridgehead atoms. The molecular weight excluding hydrogens is 467 g/mol. The number of nitrogens with one attached hydrogen (secondary N) is 1. The molecule has 3 aromatic rings. The van der Waals surface area contributed by atoms with Crippen molar-refractivity contribution in [3.05, 3.63) is 45.9 Å². The van der Waals surface area contributed by atoms with E-state index in [0.717, 1.165) is 36.7 Å². The van der Waals surface area contributed by atoms with E-state index in [9.17, 15) is 17.6 Å². The summed E-state index contributed by atoms with van der Waals surface area (Å²) in [5.74, 6) is -1.02. The summed E-state index contributed by atoms with van der Waals surface area (Å²) >= 11 is 6.87. The minimum absolute atomic E-state index is 0.00931. The lowest BCUT2D eigenvalue weighted by atomic mass is 10.1. The molecule has 0 spiro atoms. The van der Waals surface area contributed by atoms with Crippen molar-refractivity contribution in [2.45, 2.75) is 31.1 Å². The van der Waals surface area contributed by atoms with Gasteiger partial charge in [0.2, 0.25) is 0 Å². The SMILES string of the molecule is Cc1sc(-c2nnc(C(=O)N3CCCCC3)o2)cc1S(=O)(=O)Nc1ccc(F)c(Cl)c1. The Balaban J connectivity index is 1.56. The Morgan fingerprint density at radius 3 is 2.68 bits per heavy atom. The maximum absolute atomic E-state index is 13.3. The van der Waals surface area contributed by atoms with Crippen LogP contribution in [0.3, 0.4) is 0 Å². The lowest BCUT2D eigenvalue weighted by Crippen LogP contribution is -2.35. The molecule has 31 heavy (non-hydrogen) atoms. The molecule has 8 nitrogen and oxygen atoms in total. The number of carbonyl (C=O) groups excluding carboxylic acids is 1. The first-order valence-electron chi connectivity index (χ1n) is 9.46. The Morgan fingerprint density at radius 2 is 1.97 bits per heavy atom. The average Bonchev–Trinajstić information content (AvgIpc) is 3.38. The number of rotatable bonds is 5. The van der Waals surface area contributed by atoms with Gasteiger partial charge in [-0.3, -0.25) is 9.52 Å². The van der Waals surface area contributed by atoms with E-state index in [1.807, 2.05) is 0 Å². The van der Waals surface area contributed by atoms with Crippen molar-refractivity contribution in [1.82, 2.24) is 15.1 Å². The van der Waals surface area contributed by atoms with Crippen molar-refractivity contribution in [3.8, 4) is 10.8 Å². The Hall–Kier alpha value is -2.50. The number of hydrogen-bond acceptors (Lipinski definition) is 7. The maximum Gasteiger partial charge on any atom is 0.311 e. The number of aromatic nitrogens is 2. The highest BCUT2D eigenvalue weighted by Crippen LogP contribution is 2.34. The minimum atomic E-state index is -3.97. The van der Waals surface area contributed by atoms with Gasteiger partial charge in [0, 0.05) is 18.0 Å². The number of likely N-dealkylation sites (tertiary alicyclic amines) is 1. The molecule has 0 atom stereocenters. The Labute approximate surface area is 187 Å². The largest absolute Gasteiger partial charge is 0.411 e. The second-order valence-electron chi connectivity index (χ2n) is 7.03. The van der Waals surface area contributed by atoms with E-state index in [2.05, 4.69) is 14.9 Å². The van der Waals surface area contributed by atoms with Crippen LogP contribution in [0.15, 0.2) is 33.6 Å². The summed E-state index contributed by atoms with van der Waals surface area (Å²) < 4.78 is 46.9. The van der Waals surface area contributed by atoms with Crippen LogP contribution in [0.2, 0.25) is 5.02 Å². The van der Waals surface area contributed by atoms with Gasteiger partial charge in [0.25, 0.3) is 15.9 Å². The quantitative estimate of drug-likeness (QED) is 0.578. The van der Waals surface area contributed by atoms with Crippen LogP contribution in [0.5, 0.6) is 0 Å². The van der Waals surface area contributed by atoms with E-state index in [1.165, 1.54) is 18.2 Å². The van der Waals surface area contributed by atoms with Gasteiger partial charge in [-0.1, -0.05) is 11.6 Å². The Morgan fingerprint density at radius 1 is 1.23 bits per heavy atom. The first-order chi connectivity index (χ1) is 14.7. The fraction of sp³-hybridized carbons (Fsp3) is 0.316. The number of sulfonamides is 1. The second kappa shape index (κ2) is 8.56. The predicted octanol–water partition coefficient (Wildman–Crippen LogP) is 4.33. The highest BCUT2D eigenvalue weighted by molar-refractivity contribution is 7.93. The zero-order chi connectivity index (χ0) is 22.2. The van der Waals surface area contributed by atoms with Gasteiger partial charge in [-0.2, -0.15) is 0 Å². The molecule has 1 N–H and O–H groups in total. The third-order valence-electron chi connectivity index (χ3n) is 4.80. The van der Waals surface area contributed by atoms with Crippen LogP contribution in [-0.4, -0.2) is 42.5 Å². The molecule has 12 heteroatoms. The minimum Gasteiger partial charge on any atom is -0.411 e. The van der Waals surface area contributed by atoms with Crippen molar-refractivity contribution in [2.24, 2.45) is 0 Å². The monoisotopic (exact) mass is 484 g/mol. The Bertz CT molecular complexity index is 1240. The van der Waals surface area contributed by atoms with E-state index in [1.54, 1.807) is 11.8 Å². The summed E-state index contributed by atoms with van der Waals surface area (Å²) in [6.45, 7) is 2.93. The zero-order valence-electron chi connectivity index (χ0n) is 16.4. The molecule has 0 radical (unpaired) electrons. The van der Waals surface area contributed by atoms with Gasteiger partial charge in [-0.25, -0.2) is 12.8 Å². The van der Waals surface area contributed by atoms with Gasteiger partial charge in [0.1, 0.15) is 10.7 Å². The second-order valence-corrected chi connectivity index (χ2v) is 10.3. The van der Waals surface area contributed by atoms with Crippen molar-refractivity contribution in [1.29, 1.82) is 0 Å². The van der Waals surface area contributed by atoms with E-state index in [-0.39, 0.29) is 33.3 Å². The van der Waals surface area contributed by atoms with Crippen LogP contribution < -0.4 is 4.72 Å². The third-order valence-corrected chi connectivity index (χ3v) is 7.76. The van der Waals surface area contributed by atoms with Crippen molar-refractivity contribution in [3.63, 3.8) is 0 Å². The van der Waals surface area contributed by atoms with Gasteiger partial charge in [0.15, 0.2) is 0 Å². The number of halogens is 2. The number of hydrogen-bond donors (Lipinski definition) is 1. The first-order valence-corrected chi connectivity index (χ1v) is 12.1. The number of thiophene rings is 1. The zero-order valence-corrected chi connectivity index (χ0v) is 18.8. The molecule has 1 saturated heterocycles. The van der Waals surface area contributed by atoms with E-state index < -0.39 is 15.8 Å². The van der Waals surface area contributed by atoms with E-state index in [0.29, 0.717) is 22.8 Å². The molecule has 2 aromatic heterocycles. The molecule has 1 aliphatic rings. The molecule has 3 heterocycles. The topological polar surface area (TPSA) is 105 Å². The van der Waals surface area contributed by atoms with Gasteiger partial charge >= 0.3 is 11.8 Å². The fourth-order valence-electron chi connectivity index (χ4n) is 3.25. The van der Waals surface area contributed by atoms with E-state index in [4.69, 9.17) is 16.0 Å². The summed E-state index contributed by atoms with van der Waals surface area (Å²) in [4.78, 5) is 15.1. The highest BCUT2D eigenvalue weighted by Gasteiger charge is 2.26. The fourth-order valence-corrected chi connectivity index (χ4v) is 5.99. The molecule has 1 fully saturated rings. The summed E-state index contributed by atoms with van der Waals surface area (Å²) in [6.07, 6.45) is 2.96. The number of aryl methyl sites for hydroxylation is 1. The summed E-state index contributed by atoms with van der Waals surface area (Å²) in [5.41, 5.74) is 0.130. The number of nitrogens with zero attached hydrogens (tertiary/aromatic N) is 3. The van der Waals surface area contributed by atoms with Crippen LogP contribution in [-0.2, 0) is 10.0 Å². The molecule has 4 rings (SSSR count). The first kappa shape index (κ1) is 21.7. The van der Waals surface area contributed by atoms with Gasteiger partial charge in [-0.15, -0.1) is 21.5 Å². The van der Waals surface area contributed by atoms with Crippen LogP contribution in [0.4, 0.5) is 10.1 Å². The van der Waals surface area contributed by atoms with Crippen LogP contribution in [0.1, 0.15) is 34.8 Å². The molecule has 0 saturated carbocycles.